The third-order valence-corrected chi connectivity index (χ3v) is 2.58. The van der Waals surface area contributed by atoms with Crippen molar-refractivity contribution in [1.82, 2.24) is 14.8 Å². The van der Waals surface area contributed by atoms with Crippen LogP contribution in [0.4, 0.5) is 0 Å². The van der Waals surface area contributed by atoms with Gasteiger partial charge in [-0.1, -0.05) is 0 Å². The Morgan fingerprint density at radius 1 is 1.33 bits per heavy atom. The molecule has 18 heavy (non-hydrogen) atoms. The summed E-state index contributed by atoms with van der Waals surface area (Å²) in [6.07, 6.45) is 7.02. The molecule has 4 heteroatoms. The van der Waals surface area contributed by atoms with Crippen molar-refractivity contribution in [3.05, 3.63) is 29.1 Å². The minimum absolute atomic E-state index is 0.414. The smallest absolute Gasteiger partial charge is 0.130 e. The molecule has 0 aliphatic heterocycles. The summed E-state index contributed by atoms with van der Waals surface area (Å²) < 4.78 is 0. The second-order valence-electron chi connectivity index (χ2n) is 4.54. The lowest BCUT2D eigenvalue weighted by molar-refractivity contribution is 0.276. The van der Waals surface area contributed by atoms with Crippen LogP contribution in [0.2, 0.25) is 0 Å². The number of rotatable bonds is 5. The Hall–Kier alpha value is -1.88. The number of aromatic nitrogens is 1. The molecule has 0 atom stereocenters. The topological polar surface area (TPSA) is 43.2 Å². The molecule has 1 aromatic heterocycles. The molecule has 1 aromatic rings. The third kappa shape index (κ3) is 4.18. The molecule has 0 saturated heterocycles. The van der Waals surface area contributed by atoms with Crippen molar-refractivity contribution in [1.29, 1.82) is 5.26 Å². The first-order chi connectivity index (χ1) is 8.56. The molecule has 0 N–H and O–H groups in total. The van der Waals surface area contributed by atoms with E-state index in [0.717, 1.165) is 25.2 Å². The average Bonchev–Trinajstić information content (AvgIpc) is 2.36. The summed E-state index contributed by atoms with van der Waals surface area (Å²) in [5.74, 6) is 2.41. The van der Waals surface area contributed by atoms with Gasteiger partial charge in [0.25, 0.3) is 0 Å². The first kappa shape index (κ1) is 14.2. The lowest BCUT2D eigenvalue weighted by atomic mass is 10.1. The SMILES string of the molecule is C#Cc1ncc(CN(C)CCN(C)C)cc1C#N. The normalized spacial score (nSPS) is 10.4. The van der Waals surface area contributed by atoms with Crippen LogP contribution in [-0.2, 0) is 6.54 Å². The molecule has 0 aliphatic rings. The highest BCUT2D eigenvalue weighted by atomic mass is 15.1. The van der Waals surface area contributed by atoms with Crippen LogP contribution in [-0.4, -0.2) is 49.0 Å². The van der Waals surface area contributed by atoms with Crippen LogP contribution >= 0.6 is 0 Å². The molecule has 0 bridgehead atoms. The highest BCUT2D eigenvalue weighted by molar-refractivity contribution is 5.43. The van der Waals surface area contributed by atoms with Crippen molar-refractivity contribution in [2.45, 2.75) is 6.54 Å². The maximum atomic E-state index is 8.98. The Bertz CT molecular complexity index is 480. The zero-order valence-electron chi connectivity index (χ0n) is 11.1. The van der Waals surface area contributed by atoms with Crippen molar-refractivity contribution < 1.29 is 0 Å². The summed E-state index contributed by atoms with van der Waals surface area (Å²) in [6.45, 7) is 2.73. The summed E-state index contributed by atoms with van der Waals surface area (Å²) in [5.41, 5.74) is 1.89. The van der Waals surface area contributed by atoms with E-state index >= 15 is 0 Å². The number of nitriles is 1. The summed E-state index contributed by atoms with van der Waals surface area (Å²) >= 11 is 0. The standard InChI is InChI=1S/C14H18N4/c1-5-14-13(9-15)8-12(10-16-14)11-18(4)7-6-17(2)3/h1,8,10H,6-7,11H2,2-4H3. The van der Waals surface area contributed by atoms with Gasteiger partial charge in [-0.25, -0.2) is 4.98 Å². The quantitative estimate of drug-likeness (QED) is 0.720. The Kier molecular flexibility index (Phi) is 5.32. The number of hydrogen-bond donors (Lipinski definition) is 0. The predicted octanol–water partition coefficient (Wildman–Crippen LogP) is 0.928. The number of terminal acetylenes is 1. The molecule has 0 radical (unpaired) electrons. The van der Waals surface area contributed by atoms with E-state index in [2.05, 4.69) is 26.8 Å². The highest BCUT2D eigenvalue weighted by Gasteiger charge is 2.05. The largest absolute Gasteiger partial charge is 0.308 e. The third-order valence-electron chi connectivity index (χ3n) is 2.58. The van der Waals surface area contributed by atoms with Crippen LogP contribution in [0, 0.1) is 23.7 Å². The van der Waals surface area contributed by atoms with E-state index in [1.165, 1.54) is 0 Å². The molecule has 4 nitrogen and oxygen atoms in total. The zero-order valence-corrected chi connectivity index (χ0v) is 11.1. The van der Waals surface area contributed by atoms with Gasteiger partial charge in [0, 0.05) is 25.8 Å². The Morgan fingerprint density at radius 2 is 2.06 bits per heavy atom. The summed E-state index contributed by atoms with van der Waals surface area (Å²) in [7, 11) is 6.14. The van der Waals surface area contributed by atoms with E-state index in [0.29, 0.717) is 11.3 Å². The van der Waals surface area contributed by atoms with Gasteiger partial charge in [0.05, 0.1) is 5.56 Å². The highest BCUT2D eigenvalue weighted by Crippen LogP contribution is 2.08. The maximum Gasteiger partial charge on any atom is 0.130 e. The molecule has 0 unspecified atom stereocenters. The van der Waals surface area contributed by atoms with E-state index in [-0.39, 0.29) is 0 Å². The molecule has 1 heterocycles. The van der Waals surface area contributed by atoms with Crippen LogP contribution < -0.4 is 0 Å². The van der Waals surface area contributed by atoms with Gasteiger partial charge in [-0.2, -0.15) is 5.26 Å². The van der Waals surface area contributed by atoms with Crippen molar-refractivity contribution in [3.8, 4) is 18.4 Å². The average molecular weight is 242 g/mol. The molecule has 0 saturated carbocycles. The first-order valence-corrected chi connectivity index (χ1v) is 5.75. The second-order valence-corrected chi connectivity index (χ2v) is 4.54. The van der Waals surface area contributed by atoms with E-state index < -0.39 is 0 Å². The van der Waals surface area contributed by atoms with Crippen LogP contribution in [0.3, 0.4) is 0 Å². The Morgan fingerprint density at radius 3 is 2.61 bits per heavy atom. The second kappa shape index (κ2) is 6.76. The van der Waals surface area contributed by atoms with Gasteiger partial charge in [-0.15, -0.1) is 6.42 Å². The van der Waals surface area contributed by atoms with E-state index in [4.69, 9.17) is 11.7 Å². The predicted molar refractivity (Wildman–Crippen MR) is 71.8 cm³/mol. The van der Waals surface area contributed by atoms with Crippen LogP contribution in [0.25, 0.3) is 0 Å². The lowest BCUT2D eigenvalue weighted by Gasteiger charge is -2.19. The number of likely N-dealkylation sites (N-methyl/N-ethyl adjacent to an activating group) is 2. The fraction of sp³-hybridized carbons (Fsp3) is 0.429. The van der Waals surface area contributed by atoms with Crippen LogP contribution in [0.1, 0.15) is 16.8 Å². The molecule has 1 rings (SSSR count). The van der Waals surface area contributed by atoms with Gasteiger partial charge in [-0.05, 0) is 38.7 Å². The number of hydrogen-bond acceptors (Lipinski definition) is 4. The Labute approximate surface area is 109 Å². The minimum atomic E-state index is 0.414. The van der Waals surface area contributed by atoms with E-state index in [1.54, 1.807) is 6.20 Å². The fourth-order valence-corrected chi connectivity index (χ4v) is 1.56. The summed E-state index contributed by atoms with van der Waals surface area (Å²) in [4.78, 5) is 8.44. The van der Waals surface area contributed by atoms with Crippen molar-refractivity contribution >= 4 is 0 Å². The maximum absolute atomic E-state index is 8.98. The molecule has 0 aromatic carbocycles. The van der Waals surface area contributed by atoms with Crippen molar-refractivity contribution in [3.63, 3.8) is 0 Å². The number of nitrogens with zero attached hydrogens (tertiary/aromatic N) is 4. The summed E-state index contributed by atoms with van der Waals surface area (Å²) in [5, 5.41) is 8.98. The summed E-state index contributed by atoms with van der Waals surface area (Å²) in [6, 6.07) is 3.89. The van der Waals surface area contributed by atoms with Gasteiger partial charge in [0.2, 0.25) is 0 Å². The van der Waals surface area contributed by atoms with Gasteiger partial charge >= 0.3 is 0 Å². The van der Waals surface area contributed by atoms with Gasteiger partial charge in [0.15, 0.2) is 0 Å². The van der Waals surface area contributed by atoms with Gasteiger partial charge in [-0.3, -0.25) is 0 Å². The molecular formula is C14H18N4. The van der Waals surface area contributed by atoms with Crippen LogP contribution in [0.5, 0.6) is 0 Å². The van der Waals surface area contributed by atoms with E-state index in [9.17, 15) is 0 Å². The first-order valence-electron chi connectivity index (χ1n) is 5.75. The zero-order chi connectivity index (χ0) is 13.5. The molecule has 0 amide bonds. The molecular weight excluding hydrogens is 224 g/mol. The fourth-order valence-electron chi connectivity index (χ4n) is 1.56. The molecule has 94 valence electrons. The van der Waals surface area contributed by atoms with Gasteiger partial charge < -0.3 is 9.80 Å². The molecule has 0 spiro atoms. The van der Waals surface area contributed by atoms with Crippen LogP contribution in [0.15, 0.2) is 12.3 Å². The minimum Gasteiger partial charge on any atom is -0.308 e. The Balaban J connectivity index is 2.69. The van der Waals surface area contributed by atoms with Gasteiger partial charge in [0.1, 0.15) is 11.8 Å². The number of pyridine rings is 1. The molecule has 0 aliphatic carbocycles. The van der Waals surface area contributed by atoms with E-state index in [1.807, 2.05) is 27.2 Å². The monoisotopic (exact) mass is 242 g/mol. The van der Waals surface area contributed by atoms with Crippen molar-refractivity contribution in [2.24, 2.45) is 0 Å². The van der Waals surface area contributed by atoms with Crippen molar-refractivity contribution in [2.75, 3.05) is 34.2 Å². The molecule has 0 fully saturated rings. The lowest BCUT2D eigenvalue weighted by Crippen LogP contribution is -2.28.